The first-order valence-corrected chi connectivity index (χ1v) is 6.04. The van der Waals surface area contributed by atoms with E-state index in [-0.39, 0.29) is 0 Å². The number of aromatic nitrogens is 2. The summed E-state index contributed by atoms with van der Waals surface area (Å²) < 4.78 is 0. The van der Waals surface area contributed by atoms with Crippen molar-refractivity contribution in [3.05, 3.63) is 33.2 Å². The van der Waals surface area contributed by atoms with Crippen LogP contribution in [0.2, 0.25) is 5.15 Å². The van der Waals surface area contributed by atoms with Gasteiger partial charge in [-0.15, -0.1) is 11.3 Å². The molecule has 2 aromatic heterocycles. The Kier molecular flexibility index (Phi) is 3.03. The van der Waals surface area contributed by atoms with Crippen LogP contribution < -0.4 is 0 Å². The van der Waals surface area contributed by atoms with Gasteiger partial charge in [0.15, 0.2) is 5.82 Å². The van der Waals surface area contributed by atoms with Crippen LogP contribution in [-0.4, -0.2) is 9.97 Å². The lowest BCUT2D eigenvalue weighted by molar-refractivity contribution is 1.00. The Labute approximate surface area is 98.0 Å². The largest absolute Gasteiger partial charge is 0.233 e. The van der Waals surface area contributed by atoms with Crippen LogP contribution in [0.4, 0.5) is 0 Å². The Morgan fingerprint density at radius 1 is 1.40 bits per heavy atom. The monoisotopic (exact) mass is 238 g/mol. The van der Waals surface area contributed by atoms with Crippen molar-refractivity contribution in [1.82, 2.24) is 9.97 Å². The molecule has 0 amide bonds. The van der Waals surface area contributed by atoms with Crippen molar-refractivity contribution in [2.75, 3.05) is 0 Å². The Morgan fingerprint density at radius 3 is 2.80 bits per heavy atom. The molecule has 0 N–H and O–H groups in total. The molecule has 0 spiro atoms. The number of nitrogens with zero attached hydrogens (tertiary/aromatic N) is 2. The quantitative estimate of drug-likeness (QED) is 0.745. The van der Waals surface area contributed by atoms with E-state index in [4.69, 9.17) is 11.6 Å². The second-order valence-electron chi connectivity index (χ2n) is 3.25. The molecule has 2 nitrogen and oxygen atoms in total. The van der Waals surface area contributed by atoms with Gasteiger partial charge in [0, 0.05) is 16.1 Å². The molecule has 2 heterocycles. The van der Waals surface area contributed by atoms with Crippen molar-refractivity contribution in [1.29, 1.82) is 0 Å². The molecule has 0 aliphatic heterocycles. The first-order valence-electron chi connectivity index (χ1n) is 4.78. The van der Waals surface area contributed by atoms with E-state index in [1.807, 2.05) is 17.5 Å². The van der Waals surface area contributed by atoms with Crippen molar-refractivity contribution in [3.8, 4) is 11.4 Å². The summed E-state index contributed by atoms with van der Waals surface area (Å²) in [5, 5.41) is 2.56. The second kappa shape index (κ2) is 4.29. The minimum Gasteiger partial charge on any atom is -0.233 e. The minimum absolute atomic E-state index is 0.516. The van der Waals surface area contributed by atoms with E-state index in [1.54, 1.807) is 11.3 Å². The summed E-state index contributed by atoms with van der Waals surface area (Å²) in [6, 6.07) is 3.85. The molecule has 2 rings (SSSR count). The van der Waals surface area contributed by atoms with Gasteiger partial charge in [-0.2, -0.15) is 0 Å². The highest BCUT2D eigenvalue weighted by atomic mass is 35.5. The molecule has 0 unspecified atom stereocenters. The average Bonchev–Trinajstić information content (AvgIpc) is 2.63. The smallest absolute Gasteiger partial charge is 0.162 e. The van der Waals surface area contributed by atoms with Crippen molar-refractivity contribution >= 4 is 22.9 Å². The fourth-order valence-corrected chi connectivity index (χ4v) is 2.28. The van der Waals surface area contributed by atoms with E-state index in [2.05, 4.69) is 23.8 Å². The lowest BCUT2D eigenvalue weighted by Crippen LogP contribution is -1.94. The molecule has 0 aliphatic rings. The Balaban J connectivity index is 2.53. The fourth-order valence-electron chi connectivity index (χ4n) is 1.38. The van der Waals surface area contributed by atoms with E-state index >= 15 is 0 Å². The summed E-state index contributed by atoms with van der Waals surface area (Å²) in [4.78, 5) is 9.93. The lowest BCUT2D eigenvalue weighted by Gasteiger charge is -2.02. The summed E-state index contributed by atoms with van der Waals surface area (Å²) in [6.45, 7) is 4.12. The van der Waals surface area contributed by atoms with E-state index in [9.17, 15) is 0 Å². The van der Waals surface area contributed by atoms with Crippen molar-refractivity contribution < 1.29 is 0 Å². The first kappa shape index (κ1) is 10.6. The SMILES string of the molecule is CCc1cc(Cl)nc(-c2ccsc2C)n1. The highest BCUT2D eigenvalue weighted by Crippen LogP contribution is 2.25. The van der Waals surface area contributed by atoms with Gasteiger partial charge in [-0.05, 0) is 30.9 Å². The van der Waals surface area contributed by atoms with E-state index in [0.29, 0.717) is 5.15 Å². The molecule has 0 aliphatic carbocycles. The van der Waals surface area contributed by atoms with Gasteiger partial charge in [-0.3, -0.25) is 0 Å². The maximum absolute atomic E-state index is 5.95. The Morgan fingerprint density at radius 2 is 2.20 bits per heavy atom. The molecule has 0 bridgehead atoms. The summed E-state index contributed by atoms with van der Waals surface area (Å²) in [5.74, 6) is 0.734. The Bertz CT molecular complexity index is 479. The van der Waals surface area contributed by atoms with Crippen molar-refractivity contribution in [3.63, 3.8) is 0 Å². The molecule has 0 radical (unpaired) electrons. The molecule has 0 aromatic carbocycles. The number of halogens is 1. The molecule has 0 fully saturated rings. The van der Waals surface area contributed by atoms with Crippen LogP contribution in [0.25, 0.3) is 11.4 Å². The molecule has 0 saturated heterocycles. The van der Waals surface area contributed by atoms with E-state index in [1.165, 1.54) is 4.88 Å². The third-order valence-corrected chi connectivity index (χ3v) is 3.25. The van der Waals surface area contributed by atoms with Gasteiger partial charge in [0.2, 0.25) is 0 Å². The molecular weight excluding hydrogens is 228 g/mol. The standard InChI is InChI=1S/C11H11ClN2S/c1-3-8-6-10(12)14-11(13-8)9-4-5-15-7(9)2/h4-6H,3H2,1-2H3. The summed E-state index contributed by atoms with van der Waals surface area (Å²) in [5.41, 5.74) is 2.06. The number of hydrogen-bond acceptors (Lipinski definition) is 3. The predicted octanol–water partition coefficient (Wildman–Crippen LogP) is 3.73. The predicted molar refractivity (Wildman–Crippen MR) is 64.5 cm³/mol. The van der Waals surface area contributed by atoms with E-state index < -0.39 is 0 Å². The highest BCUT2D eigenvalue weighted by Gasteiger charge is 2.08. The third-order valence-electron chi connectivity index (χ3n) is 2.21. The van der Waals surface area contributed by atoms with Gasteiger partial charge in [-0.25, -0.2) is 9.97 Å². The van der Waals surface area contributed by atoms with Crippen molar-refractivity contribution in [2.45, 2.75) is 20.3 Å². The molecule has 2 aromatic rings. The Hall–Kier alpha value is -0.930. The molecule has 4 heteroatoms. The van der Waals surface area contributed by atoms with Crippen LogP contribution in [0.1, 0.15) is 17.5 Å². The first-order chi connectivity index (χ1) is 7.20. The molecule has 15 heavy (non-hydrogen) atoms. The molecule has 0 atom stereocenters. The topological polar surface area (TPSA) is 25.8 Å². The lowest BCUT2D eigenvalue weighted by atomic mass is 10.2. The molecule has 0 saturated carbocycles. The molecule has 78 valence electrons. The van der Waals surface area contributed by atoms with Crippen LogP contribution in [-0.2, 0) is 6.42 Å². The van der Waals surface area contributed by atoms with Crippen LogP contribution in [0.5, 0.6) is 0 Å². The van der Waals surface area contributed by atoms with Gasteiger partial charge in [-0.1, -0.05) is 18.5 Å². The van der Waals surface area contributed by atoms with Gasteiger partial charge in [0.1, 0.15) is 5.15 Å². The van der Waals surface area contributed by atoms with Gasteiger partial charge < -0.3 is 0 Å². The normalized spacial score (nSPS) is 10.6. The number of aryl methyl sites for hydroxylation is 2. The number of hydrogen-bond donors (Lipinski definition) is 0. The van der Waals surface area contributed by atoms with Crippen LogP contribution in [0.3, 0.4) is 0 Å². The maximum atomic E-state index is 5.95. The van der Waals surface area contributed by atoms with Crippen molar-refractivity contribution in [2.24, 2.45) is 0 Å². The van der Waals surface area contributed by atoms with E-state index in [0.717, 1.165) is 23.5 Å². The fraction of sp³-hybridized carbons (Fsp3) is 0.273. The number of thiophene rings is 1. The summed E-state index contributed by atoms with van der Waals surface area (Å²) in [6.07, 6.45) is 0.873. The zero-order valence-corrected chi connectivity index (χ0v) is 10.2. The zero-order chi connectivity index (χ0) is 10.8. The zero-order valence-electron chi connectivity index (χ0n) is 8.62. The summed E-state index contributed by atoms with van der Waals surface area (Å²) >= 11 is 7.65. The van der Waals surface area contributed by atoms with Gasteiger partial charge in [0.05, 0.1) is 0 Å². The highest BCUT2D eigenvalue weighted by molar-refractivity contribution is 7.10. The third kappa shape index (κ3) is 2.19. The number of rotatable bonds is 2. The minimum atomic E-state index is 0.516. The van der Waals surface area contributed by atoms with Crippen LogP contribution >= 0.6 is 22.9 Å². The average molecular weight is 239 g/mol. The second-order valence-corrected chi connectivity index (χ2v) is 4.76. The van der Waals surface area contributed by atoms with Crippen LogP contribution in [0.15, 0.2) is 17.5 Å². The maximum Gasteiger partial charge on any atom is 0.162 e. The summed E-state index contributed by atoms with van der Waals surface area (Å²) in [7, 11) is 0. The van der Waals surface area contributed by atoms with Gasteiger partial charge >= 0.3 is 0 Å². The molecular formula is C11H11ClN2S. The van der Waals surface area contributed by atoms with Crippen LogP contribution in [0, 0.1) is 6.92 Å². The van der Waals surface area contributed by atoms with Gasteiger partial charge in [0.25, 0.3) is 0 Å².